The molecular formula is C17H20N4O3. The molecule has 2 aromatic rings. The first kappa shape index (κ1) is 16.0. The molecule has 2 heterocycles. The van der Waals surface area contributed by atoms with Crippen LogP contribution in [0.4, 0.5) is 10.6 Å². The Bertz CT molecular complexity index is 769. The van der Waals surface area contributed by atoms with Crippen LogP contribution < -0.4 is 5.32 Å². The maximum Gasteiger partial charge on any atom is 0.410 e. The SMILES string of the molecule is Cc1cccc(Cn2nc(C)cc2NC(=O)CN2CCOC2=O)c1. The number of aromatic nitrogens is 2. The predicted molar refractivity (Wildman–Crippen MR) is 88.8 cm³/mol. The smallest absolute Gasteiger partial charge is 0.410 e. The number of nitrogens with one attached hydrogen (secondary N) is 1. The van der Waals surface area contributed by atoms with E-state index >= 15 is 0 Å². The number of aryl methyl sites for hydroxylation is 2. The fraction of sp³-hybridized carbons (Fsp3) is 0.353. The molecule has 0 radical (unpaired) electrons. The number of amides is 2. The van der Waals surface area contributed by atoms with Crippen molar-refractivity contribution in [3.8, 4) is 0 Å². The van der Waals surface area contributed by atoms with E-state index in [-0.39, 0.29) is 12.5 Å². The van der Waals surface area contributed by atoms with Crippen molar-refractivity contribution >= 4 is 17.8 Å². The lowest BCUT2D eigenvalue weighted by Gasteiger charge is -2.13. The third-order valence-corrected chi connectivity index (χ3v) is 3.76. The second-order valence-electron chi connectivity index (χ2n) is 5.90. The quantitative estimate of drug-likeness (QED) is 0.910. The molecule has 0 spiro atoms. The Morgan fingerprint density at radius 1 is 1.33 bits per heavy atom. The van der Waals surface area contributed by atoms with Gasteiger partial charge in [0, 0.05) is 6.07 Å². The predicted octanol–water partition coefficient (Wildman–Crippen LogP) is 1.94. The van der Waals surface area contributed by atoms with Crippen LogP contribution in [0.3, 0.4) is 0 Å². The molecule has 0 unspecified atom stereocenters. The molecule has 7 nitrogen and oxygen atoms in total. The normalized spacial score (nSPS) is 13.9. The van der Waals surface area contributed by atoms with E-state index in [1.807, 2.05) is 38.1 Å². The fourth-order valence-electron chi connectivity index (χ4n) is 2.68. The number of rotatable bonds is 5. The summed E-state index contributed by atoms with van der Waals surface area (Å²) in [6, 6.07) is 9.96. The maximum atomic E-state index is 12.2. The molecule has 2 amide bonds. The van der Waals surface area contributed by atoms with Crippen LogP contribution in [0.15, 0.2) is 30.3 Å². The molecule has 1 fully saturated rings. The highest BCUT2D eigenvalue weighted by molar-refractivity contribution is 5.93. The highest BCUT2D eigenvalue weighted by atomic mass is 16.6. The lowest BCUT2D eigenvalue weighted by molar-refractivity contribution is -0.116. The van der Waals surface area contributed by atoms with Gasteiger partial charge in [-0.25, -0.2) is 9.48 Å². The summed E-state index contributed by atoms with van der Waals surface area (Å²) in [4.78, 5) is 25.0. The highest BCUT2D eigenvalue weighted by Gasteiger charge is 2.24. The van der Waals surface area contributed by atoms with Gasteiger partial charge in [0.25, 0.3) is 0 Å². The molecule has 1 aromatic heterocycles. The van der Waals surface area contributed by atoms with Crippen LogP contribution in [-0.4, -0.2) is 46.4 Å². The summed E-state index contributed by atoms with van der Waals surface area (Å²) in [6.45, 7) is 5.23. The standard InChI is InChI=1S/C17H20N4O3/c1-12-4-3-5-14(8-12)10-21-15(9-13(2)19-21)18-16(22)11-20-6-7-24-17(20)23/h3-5,8-9H,6-7,10-11H2,1-2H3,(H,18,22). The van der Waals surface area contributed by atoms with Crippen LogP contribution in [-0.2, 0) is 16.1 Å². The molecule has 0 bridgehead atoms. The van der Waals surface area contributed by atoms with Gasteiger partial charge in [-0.15, -0.1) is 0 Å². The first-order valence-corrected chi connectivity index (χ1v) is 7.83. The minimum absolute atomic E-state index is 0.0203. The van der Waals surface area contributed by atoms with Crippen LogP contribution >= 0.6 is 0 Å². The zero-order valence-electron chi connectivity index (χ0n) is 13.8. The van der Waals surface area contributed by atoms with Gasteiger partial charge in [-0.1, -0.05) is 29.8 Å². The summed E-state index contributed by atoms with van der Waals surface area (Å²) < 4.78 is 6.58. The number of nitrogens with zero attached hydrogens (tertiary/aromatic N) is 3. The van der Waals surface area contributed by atoms with Crippen LogP contribution in [0, 0.1) is 13.8 Å². The van der Waals surface area contributed by atoms with Crippen molar-refractivity contribution in [2.45, 2.75) is 20.4 Å². The van der Waals surface area contributed by atoms with Crippen molar-refractivity contribution in [2.24, 2.45) is 0 Å². The van der Waals surface area contributed by atoms with Gasteiger partial charge in [0.05, 0.1) is 18.8 Å². The summed E-state index contributed by atoms with van der Waals surface area (Å²) in [5.41, 5.74) is 3.10. The largest absolute Gasteiger partial charge is 0.448 e. The zero-order chi connectivity index (χ0) is 17.1. The average molecular weight is 328 g/mol. The third-order valence-electron chi connectivity index (χ3n) is 3.76. The van der Waals surface area contributed by atoms with Crippen molar-refractivity contribution in [1.29, 1.82) is 0 Å². The van der Waals surface area contributed by atoms with Crippen molar-refractivity contribution in [1.82, 2.24) is 14.7 Å². The Morgan fingerprint density at radius 2 is 2.17 bits per heavy atom. The summed E-state index contributed by atoms with van der Waals surface area (Å²) in [5, 5.41) is 7.26. The highest BCUT2D eigenvalue weighted by Crippen LogP contribution is 2.14. The number of cyclic esters (lactones) is 1. The van der Waals surface area contributed by atoms with E-state index in [2.05, 4.69) is 16.5 Å². The van der Waals surface area contributed by atoms with Gasteiger partial charge in [-0.2, -0.15) is 5.10 Å². The van der Waals surface area contributed by atoms with Crippen LogP contribution in [0.1, 0.15) is 16.8 Å². The Kier molecular flexibility index (Phi) is 4.50. The second-order valence-corrected chi connectivity index (χ2v) is 5.90. The van der Waals surface area contributed by atoms with Gasteiger partial charge in [0.1, 0.15) is 19.0 Å². The number of anilines is 1. The van der Waals surface area contributed by atoms with E-state index in [0.29, 0.717) is 25.5 Å². The Hall–Kier alpha value is -2.83. The van der Waals surface area contributed by atoms with Crippen LogP contribution in [0.2, 0.25) is 0 Å². The second kappa shape index (κ2) is 6.74. The molecule has 0 aliphatic carbocycles. The van der Waals surface area contributed by atoms with E-state index in [0.717, 1.165) is 11.3 Å². The molecule has 1 aliphatic rings. The molecule has 0 atom stereocenters. The molecule has 1 aliphatic heterocycles. The lowest BCUT2D eigenvalue weighted by Crippen LogP contribution is -2.34. The minimum Gasteiger partial charge on any atom is -0.448 e. The number of carbonyl (C=O) groups excluding carboxylic acids is 2. The maximum absolute atomic E-state index is 12.2. The summed E-state index contributed by atoms with van der Waals surface area (Å²) in [5.74, 6) is 0.353. The summed E-state index contributed by atoms with van der Waals surface area (Å²) >= 11 is 0. The first-order valence-electron chi connectivity index (χ1n) is 7.83. The number of carbonyl (C=O) groups is 2. The molecule has 1 aromatic carbocycles. The molecule has 3 rings (SSSR count). The van der Waals surface area contributed by atoms with Crippen molar-refractivity contribution < 1.29 is 14.3 Å². The fourth-order valence-corrected chi connectivity index (χ4v) is 2.68. The van der Waals surface area contributed by atoms with Crippen molar-refractivity contribution in [3.63, 3.8) is 0 Å². The van der Waals surface area contributed by atoms with Gasteiger partial charge in [0.2, 0.25) is 5.91 Å². The number of benzene rings is 1. The summed E-state index contributed by atoms with van der Waals surface area (Å²) in [6.07, 6.45) is -0.449. The Morgan fingerprint density at radius 3 is 2.88 bits per heavy atom. The Labute approximate surface area is 140 Å². The number of hydrogen-bond acceptors (Lipinski definition) is 4. The molecule has 1 saturated heterocycles. The molecular weight excluding hydrogens is 308 g/mol. The average Bonchev–Trinajstić information content (AvgIpc) is 3.05. The lowest BCUT2D eigenvalue weighted by atomic mass is 10.1. The van der Waals surface area contributed by atoms with Crippen LogP contribution in [0.25, 0.3) is 0 Å². The molecule has 24 heavy (non-hydrogen) atoms. The van der Waals surface area contributed by atoms with Crippen molar-refractivity contribution in [3.05, 3.63) is 47.2 Å². The van der Waals surface area contributed by atoms with Gasteiger partial charge in [0.15, 0.2) is 0 Å². The van der Waals surface area contributed by atoms with E-state index < -0.39 is 6.09 Å². The van der Waals surface area contributed by atoms with Gasteiger partial charge >= 0.3 is 6.09 Å². The van der Waals surface area contributed by atoms with Gasteiger partial charge in [-0.05, 0) is 19.4 Å². The topological polar surface area (TPSA) is 76.5 Å². The Balaban J connectivity index is 1.69. The van der Waals surface area contributed by atoms with E-state index in [9.17, 15) is 9.59 Å². The first-order chi connectivity index (χ1) is 11.5. The van der Waals surface area contributed by atoms with E-state index in [4.69, 9.17) is 4.74 Å². The van der Waals surface area contributed by atoms with E-state index in [1.165, 1.54) is 10.5 Å². The van der Waals surface area contributed by atoms with E-state index in [1.54, 1.807) is 4.68 Å². The van der Waals surface area contributed by atoms with Crippen LogP contribution in [0.5, 0.6) is 0 Å². The zero-order valence-corrected chi connectivity index (χ0v) is 13.8. The molecule has 7 heteroatoms. The van der Waals surface area contributed by atoms with Crippen molar-refractivity contribution in [2.75, 3.05) is 25.0 Å². The number of hydrogen-bond donors (Lipinski definition) is 1. The van der Waals surface area contributed by atoms with Gasteiger partial charge in [-0.3, -0.25) is 9.69 Å². The minimum atomic E-state index is -0.449. The number of ether oxygens (including phenoxy) is 1. The third kappa shape index (κ3) is 3.73. The molecule has 126 valence electrons. The van der Waals surface area contributed by atoms with Gasteiger partial charge < -0.3 is 10.1 Å². The monoisotopic (exact) mass is 328 g/mol. The summed E-state index contributed by atoms with van der Waals surface area (Å²) in [7, 11) is 0. The molecule has 0 saturated carbocycles. The molecule has 1 N–H and O–H groups in total.